The molecule has 0 bridgehead atoms. The summed E-state index contributed by atoms with van der Waals surface area (Å²) in [6.07, 6.45) is 63.4. The minimum Gasteiger partial charge on any atom is -0.387 e. The van der Waals surface area contributed by atoms with Crippen LogP contribution in [0.15, 0.2) is 97.2 Å². The number of carbonyl (C=O) groups is 1. The van der Waals surface area contributed by atoms with E-state index in [0.29, 0.717) is 17.4 Å². The van der Waals surface area contributed by atoms with Gasteiger partial charge in [-0.3, -0.25) is 13.8 Å². The Morgan fingerprint density at radius 3 is 1.46 bits per heavy atom. The number of carbonyl (C=O) groups excluding carboxylic acids is 1. The molecule has 1 amide bonds. The molecule has 0 saturated heterocycles. The van der Waals surface area contributed by atoms with Crippen molar-refractivity contribution in [2.75, 3.05) is 40.9 Å². The molecule has 0 aromatic carbocycles. The van der Waals surface area contributed by atoms with E-state index in [2.05, 4.69) is 104 Å². The Balaban J connectivity index is 4.41. The van der Waals surface area contributed by atoms with E-state index in [1.165, 1.54) is 77.0 Å². The molecular weight excluding hydrogens is 804 g/mol. The molecule has 0 aromatic rings. The number of phosphoric ester groups is 1. The number of hydrogen-bond donors (Lipinski definition) is 3. The molecule has 0 radical (unpaired) electrons. The molecule has 0 aromatic heterocycles. The molecule has 3 atom stereocenters. The van der Waals surface area contributed by atoms with Crippen molar-refractivity contribution >= 4 is 13.7 Å². The van der Waals surface area contributed by atoms with Crippen LogP contribution < -0.4 is 5.32 Å². The first kappa shape index (κ1) is 60.4. The van der Waals surface area contributed by atoms with Gasteiger partial charge in [0.05, 0.1) is 39.9 Å². The summed E-state index contributed by atoms with van der Waals surface area (Å²) in [6.45, 7) is 4.65. The number of nitrogens with zero attached hydrogens (tertiary/aromatic N) is 1. The molecule has 0 heterocycles. The lowest BCUT2D eigenvalue weighted by atomic mass is 10.1. The molecule has 63 heavy (non-hydrogen) atoms. The number of nitrogens with one attached hydrogen (secondary N) is 1. The SMILES string of the molecule is CC/C=C\C/C=C\C/C=C\C/C=C\C/C=C\C/C=C\CCCCCCCCC(=O)NC(COP(=O)(O)OCC[N+](C)(C)C)C(O)/C=C/CC/C=C/CCCCCCCCCCCC. The van der Waals surface area contributed by atoms with Crippen LogP contribution in [0.3, 0.4) is 0 Å². The van der Waals surface area contributed by atoms with E-state index in [1.54, 1.807) is 6.08 Å². The molecule has 9 heteroatoms. The molecular formula is C54H96N2O6P+. The average molecular weight is 900 g/mol. The van der Waals surface area contributed by atoms with E-state index in [-0.39, 0.29) is 19.1 Å². The molecule has 0 aliphatic rings. The van der Waals surface area contributed by atoms with Crippen molar-refractivity contribution in [3.05, 3.63) is 97.2 Å². The largest absolute Gasteiger partial charge is 0.472 e. The fraction of sp³-hybridized carbons (Fsp3) is 0.685. The van der Waals surface area contributed by atoms with Crippen molar-refractivity contribution in [1.82, 2.24) is 5.32 Å². The maximum atomic E-state index is 12.9. The molecule has 0 fully saturated rings. The number of allylic oxidation sites excluding steroid dienone is 15. The van der Waals surface area contributed by atoms with Gasteiger partial charge >= 0.3 is 7.82 Å². The van der Waals surface area contributed by atoms with Crippen LogP contribution >= 0.6 is 7.82 Å². The average Bonchev–Trinajstić information content (AvgIpc) is 3.24. The normalized spacial score (nSPS) is 15.0. The second-order valence-corrected chi connectivity index (χ2v) is 19.3. The van der Waals surface area contributed by atoms with Gasteiger partial charge < -0.3 is 19.8 Å². The fourth-order valence-electron chi connectivity index (χ4n) is 6.59. The Morgan fingerprint density at radius 2 is 0.968 bits per heavy atom. The number of quaternary nitrogens is 1. The van der Waals surface area contributed by atoms with Crippen LogP contribution in [-0.2, 0) is 18.4 Å². The van der Waals surface area contributed by atoms with Crippen molar-refractivity contribution < 1.29 is 32.9 Å². The van der Waals surface area contributed by atoms with Crippen molar-refractivity contribution in [1.29, 1.82) is 0 Å². The van der Waals surface area contributed by atoms with Gasteiger partial charge in [-0.1, -0.05) is 195 Å². The van der Waals surface area contributed by atoms with E-state index in [1.807, 2.05) is 27.2 Å². The molecule has 362 valence electrons. The number of likely N-dealkylation sites (N-methyl/N-ethyl adjacent to an activating group) is 1. The van der Waals surface area contributed by atoms with E-state index >= 15 is 0 Å². The van der Waals surface area contributed by atoms with Crippen molar-refractivity contribution in [3.8, 4) is 0 Å². The molecule has 0 spiro atoms. The van der Waals surface area contributed by atoms with Gasteiger partial charge in [0.15, 0.2) is 0 Å². The molecule has 0 aliphatic carbocycles. The summed E-state index contributed by atoms with van der Waals surface area (Å²) >= 11 is 0. The van der Waals surface area contributed by atoms with Gasteiger partial charge in [0.1, 0.15) is 13.2 Å². The third-order valence-corrected chi connectivity index (χ3v) is 11.5. The van der Waals surface area contributed by atoms with Crippen LogP contribution in [0, 0.1) is 0 Å². The number of amides is 1. The lowest BCUT2D eigenvalue weighted by Crippen LogP contribution is -2.45. The molecule has 3 N–H and O–H groups in total. The highest BCUT2D eigenvalue weighted by atomic mass is 31.2. The zero-order valence-corrected chi connectivity index (χ0v) is 41.9. The van der Waals surface area contributed by atoms with E-state index < -0.39 is 20.0 Å². The summed E-state index contributed by atoms with van der Waals surface area (Å²) in [5, 5.41) is 13.8. The Labute approximate surface area is 388 Å². The summed E-state index contributed by atoms with van der Waals surface area (Å²) in [5.41, 5.74) is 0. The van der Waals surface area contributed by atoms with Crippen LogP contribution in [0.4, 0.5) is 0 Å². The predicted molar refractivity (Wildman–Crippen MR) is 272 cm³/mol. The van der Waals surface area contributed by atoms with E-state index in [9.17, 15) is 19.4 Å². The van der Waals surface area contributed by atoms with Crippen molar-refractivity contribution in [2.45, 2.75) is 199 Å². The lowest BCUT2D eigenvalue weighted by molar-refractivity contribution is -0.870. The maximum absolute atomic E-state index is 12.9. The van der Waals surface area contributed by atoms with E-state index in [0.717, 1.165) is 89.9 Å². The number of phosphoric acid groups is 1. The van der Waals surface area contributed by atoms with Crippen LogP contribution in [0.1, 0.15) is 187 Å². The van der Waals surface area contributed by atoms with Gasteiger partial charge in [-0.15, -0.1) is 0 Å². The number of aliphatic hydroxyl groups is 1. The molecule has 3 unspecified atom stereocenters. The van der Waals surface area contributed by atoms with Gasteiger partial charge in [0, 0.05) is 6.42 Å². The van der Waals surface area contributed by atoms with Gasteiger partial charge in [0.2, 0.25) is 5.91 Å². The Hall–Kier alpha value is -2.58. The molecule has 0 rings (SSSR count). The minimum absolute atomic E-state index is 0.0476. The maximum Gasteiger partial charge on any atom is 0.472 e. The Bertz CT molecular complexity index is 1340. The summed E-state index contributed by atoms with van der Waals surface area (Å²) in [5.74, 6) is -0.206. The monoisotopic (exact) mass is 900 g/mol. The summed E-state index contributed by atoms with van der Waals surface area (Å²) < 4.78 is 23.6. The first-order valence-corrected chi connectivity index (χ1v) is 26.6. The zero-order chi connectivity index (χ0) is 46.4. The highest BCUT2D eigenvalue weighted by Crippen LogP contribution is 2.43. The zero-order valence-electron chi connectivity index (χ0n) is 41.0. The van der Waals surface area contributed by atoms with Gasteiger partial charge in [0.25, 0.3) is 0 Å². The number of aliphatic hydroxyl groups excluding tert-OH is 1. The second kappa shape index (κ2) is 44.6. The van der Waals surface area contributed by atoms with Crippen LogP contribution in [0.2, 0.25) is 0 Å². The smallest absolute Gasteiger partial charge is 0.387 e. The predicted octanol–water partition coefficient (Wildman–Crippen LogP) is 14.7. The topological polar surface area (TPSA) is 105 Å². The summed E-state index contributed by atoms with van der Waals surface area (Å²) in [6, 6.07) is -0.878. The molecule has 0 saturated carbocycles. The second-order valence-electron chi connectivity index (χ2n) is 17.8. The first-order valence-electron chi connectivity index (χ1n) is 25.1. The van der Waals surface area contributed by atoms with E-state index in [4.69, 9.17) is 9.05 Å². The summed E-state index contributed by atoms with van der Waals surface area (Å²) in [4.78, 5) is 23.2. The van der Waals surface area contributed by atoms with Crippen molar-refractivity contribution in [3.63, 3.8) is 0 Å². The van der Waals surface area contributed by atoms with Crippen LogP contribution in [0.5, 0.6) is 0 Å². The Kier molecular flexibility index (Phi) is 42.8. The first-order chi connectivity index (χ1) is 30.5. The molecule has 0 aliphatic heterocycles. The third-order valence-electron chi connectivity index (χ3n) is 10.5. The number of rotatable bonds is 44. The highest BCUT2D eigenvalue weighted by molar-refractivity contribution is 7.47. The lowest BCUT2D eigenvalue weighted by Gasteiger charge is -2.25. The van der Waals surface area contributed by atoms with Gasteiger partial charge in [-0.25, -0.2) is 4.57 Å². The minimum atomic E-state index is -4.36. The standard InChI is InChI=1S/C54H95N2O6P/c1-6-8-10-12-14-16-18-20-22-24-25-26-27-28-29-30-31-32-34-36-38-40-42-44-46-48-54(58)55-52(51-62-63(59,60)61-50-49-56(3,4)5)53(57)47-45-43-41-39-37-35-33-23-21-19-17-15-13-11-9-7-2/h8,10,14,16,20,22,25-26,28-29,31-32,37,39,45,47,52-53,57H,6-7,9,11-13,15,17-19,21,23-24,27,30,33-36,38,40-44,46,48-51H2,1-5H3,(H-,55,58,59,60)/p+1/b10-8-,16-14-,22-20-,26-25-,29-28-,32-31-,39-37+,47-45+. The van der Waals surface area contributed by atoms with Crippen LogP contribution in [0.25, 0.3) is 0 Å². The van der Waals surface area contributed by atoms with Crippen LogP contribution in [-0.4, -0.2) is 73.4 Å². The molecule has 8 nitrogen and oxygen atoms in total. The number of unbranched alkanes of at least 4 members (excludes halogenated alkanes) is 17. The van der Waals surface area contributed by atoms with Gasteiger partial charge in [-0.2, -0.15) is 0 Å². The summed E-state index contributed by atoms with van der Waals surface area (Å²) in [7, 11) is 1.53. The highest BCUT2D eigenvalue weighted by Gasteiger charge is 2.27. The number of hydrogen-bond acceptors (Lipinski definition) is 5. The van der Waals surface area contributed by atoms with Gasteiger partial charge in [-0.05, 0) is 83.5 Å². The Morgan fingerprint density at radius 1 is 0.556 bits per heavy atom. The fourth-order valence-corrected chi connectivity index (χ4v) is 7.32. The van der Waals surface area contributed by atoms with Crippen molar-refractivity contribution in [2.24, 2.45) is 0 Å². The quantitative estimate of drug-likeness (QED) is 0.0243. The third kappa shape index (κ3) is 47.2.